The van der Waals surface area contributed by atoms with Crippen LogP contribution in [0.15, 0.2) is 52.4 Å². The molecule has 1 amide bonds. The zero-order chi connectivity index (χ0) is 17.1. The summed E-state index contributed by atoms with van der Waals surface area (Å²) in [6.07, 6.45) is 1.35. The number of benzene rings is 2. The Morgan fingerprint density at radius 3 is 2.79 bits per heavy atom. The number of halogens is 2. The van der Waals surface area contributed by atoms with E-state index in [4.69, 9.17) is 23.2 Å². The van der Waals surface area contributed by atoms with E-state index in [1.54, 1.807) is 42.5 Å². The summed E-state index contributed by atoms with van der Waals surface area (Å²) in [6.45, 7) is 0. The molecule has 0 atom stereocenters. The van der Waals surface area contributed by atoms with Gasteiger partial charge in [0.15, 0.2) is 0 Å². The van der Waals surface area contributed by atoms with Crippen molar-refractivity contribution in [2.45, 2.75) is 0 Å². The van der Waals surface area contributed by atoms with Crippen LogP contribution in [0, 0.1) is 0 Å². The molecule has 0 aliphatic heterocycles. The van der Waals surface area contributed by atoms with Crippen molar-refractivity contribution in [1.29, 1.82) is 0 Å². The van der Waals surface area contributed by atoms with Crippen LogP contribution in [0.2, 0.25) is 10.0 Å². The van der Waals surface area contributed by atoms with Gasteiger partial charge in [-0.2, -0.15) is 5.10 Å². The smallest absolute Gasteiger partial charge is 0.302 e. The van der Waals surface area contributed by atoms with E-state index in [-0.39, 0.29) is 5.82 Å². The van der Waals surface area contributed by atoms with Crippen LogP contribution in [-0.2, 0) is 0 Å². The van der Waals surface area contributed by atoms with Crippen molar-refractivity contribution < 1.29 is 4.79 Å². The van der Waals surface area contributed by atoms with Gasteiger partial charge in [-0.05, 0) is 18.2 Å². The summed E-state index contributed by atoms with van der Waals surface area (Å²) in [7, 11) is 0. The van der Waals surface area contributed by atoms with Crippen molar-refractivity contribution in [3.05, 3.63) is 74.3 Å². The maximum Gasteiger partial charge on any atom is 0.307 e. The summed E-state index contributed by atoms with van der Waals surface area (Å²) in [6, 6.07) is 11.8. The molecule has 0 aliphatic carbocycles. The lowest BCUT2D eigenvalue weighted by atomic mass is 10.2. The summed E-state index contributed by atoms with van der Waals surface area (Å²) < 4.78 is 0. The Balaban J connectivity index is 1.81. The van der Waals surface area contributed by atoms with Gasteiger partial charge in [0.05, 0.1) is 27.2 Å². The molecule has 0 saturated carbocycles. The molecule has 2 aromatic carbocycles. The highest BCUT2D eigenvalue weighted by atomic mass is 35.5. The van der Waals surface area contributed by atoms with Crippen molar-refractivity contribution in [1.82, 2.24) is 15.4 Å². The molecule has 8 heteroatoms. The SMILES string of the molecule is O=C(NN=Cc1cccc(Cl)c1Cl)c1nc2ccccc2c(=O)[nH]1. The third-order valence-electron chi connectivity index (χ3n) is 3.18. The molecule has 1 heterocycles. The average molecular weight is 361 g/mol. The van der Waals surface area contributed by atoms with Gasteiger partial charge in [0.1, 0.15) is 0 Å². The molecule has 2 N–H and O–H groups in total. The summed E-state index contributed by atoms with van der Waals surface area (Å²) in [5.41, 5.74) is 2.86. The van der Waals surface area contributed by atoms with Crippen molar-refractivity contribution in [3.63, 3.8) is 0 Å². The van der Waals surface area contributed by atoms with Gasteiger partial charge in [-0.1, -0.05) is 47.5 Å². The molecule has 0 bridgehead atoms. The molecule has 0 fully saturated rings. The van der Waals surface area contributed by atoms with Crippen LogP contribution in [0.4, 0.5) is 0 Å². The second kappa shape index (κ2) is 6.82. The first-order valence-electron chi connectivity index (χ1n) is 6.83. The van der Waals surface area contributed by atoms with Crippen molar-refractivity contribution >= 4 is 46.2 Å². The molecule has 24 heavy (non-hydrogen) atoms. The lowest BCUT2D eigenvalue weighted by Crippen LogP contribution is -2.24. The number of carbonyl (C=O) groups excluding carboxylic acids is 1. The van der Waals surface area contributed by atoms with E-state index in [0.29, 0.717) is 26.5 Å². The lowest BCUT2D eigenvalue weighted by molar-refractivity contribution is 0.0945. The maximum absolute atomic E-state index is 12.1. The van der Waals surface area contributed by atoms with Crippen LogP contribution >= 0.6 is 23.2 Å². The van der Waals surface area contributed by atoms with E-state index in [0.717, 1.165) is 0 Å². The minimum absolute atomic E-state index is 0.131. The summed E-state index contributed by atoms with van der Waals surface area (Å²) >= 11 is 11.9. The predicted octanol–water partition coefficient (Wildman–Crippen LogP) is 2.99. The molecule has 120 valence electrons. The fraction of sp³-hybridized carbons (Fsp3) is 0. The first-order valence-corrected chi connectivity index (χ1v) is 7.58. The number of rotatable bonds is 3. The topological polar surface area (TPSA) is 87.2 Å². The molecule has 0 aliphatic rings. The number of nitrogens with one attached hydrogen (secondary N) is 2. The van der Waals surface area contributed by atoms with Crippen LogP contribution < -0.4 is 11.0 Å². The Hall–Kier alpha value is -2.70. The van der Waals surface area contributed by atoms with Crippen LogP contribution in [-0.4, -0.2) is 22.1 Å². The zero-order valence-electron chi connectivity index (χ0n) is 12.1. The Kier molecular flexibility index (Phi) is 4.59. The summed E-state index contributed by atoms with van der Waals surface area (Å²) in [4.78, 5) is 30.5. The molecule has 3 rings (SSSR count). The number of aromatic nitrogens is 2. The van der Waals surface area contributed by atoms with E-state index in [2.05, 4.69) is 20.5 Å². The highest BCUT2D eigenvalue weighted by Crippen LogP contribution is 2.24. The first-order chi connectivity index (χ1) is 11.6. The maximum atomic E-state index is 12.1. The third kappa shape index (κ3) is 3.29. The Morgan fingerprint density at radius 2 is 1.96 bits per heavy atom. The Morgan fingerprint density at radius 1 is 1.17 bits per heavy atom. The number of aromatic amines is 1. The van der Waals surface area contributed by atoms with Crippen LogP contribution in [0.3, 0.4) is 0 Å². The predicted molar refractivity (Wildman–Crippen MR) is 93.9 cm³/mol. The van der Waals surface area contributed by atoms with E-state index in [1.165, 1.54) is 6.21 Å². The Bertz CT molecular complexity index is 1010. The summed E-state index contributed by atoms with van der Waals surface area (Å²) in [5.74, 6) is -0.778. The molecule has 3 aromatic rings. The standard InChI is InChI=1S/C16H10Cl2N4O2/c17-11-6-3-4-9(13(11)18)8-19-22-16(24)14-20-12-7-2-1-5-10(12)15(23)21-14/h1-8H,(H,22,24)(H,20,21,23). The molecular formula is C16H10Cl2N4O2. The number of fused-ring (bicyclic) bond motifs is 1. The molecule has 0 radical (unpaired) electrons. The number of carbonyl (C=O) groups is 1. The lowest BCUT2D eigenvalue weighted by Gasteiger charge is -2.02. The van der Waals surface area contributed by atoms with E-state index in [9.17, 15) is 9.59 Å². The highest BCUT2D eigenvalue weighted by Gasteiger charge is 2.10. The fourth-order valence-electron chi connectivity index (χ4n) is 2.03. The van der Waals surface area contributed by atoms with Gasteiger partial charge >= 0.3 is 5.91 Å². The quantitative estimate of drug-likeness (QED) is 0.555. The normalized spacial score (nSPS) is 11.1. The minimum Gasteiger partial charge on any atom is -0.302 e. The second-order valence-corrected chi connectivity index (χ2v) is 5.56. The average Bonchev–Trinajstić information content (AvgIpc) is 2.58. The van der Waals surface area contributed by atoms with Crippen LogP contribution in [0.1, 0.15) is 16.2 Å². The second-order valence-electron chi connectivity index (χ2n) is 4.77. The fourth-order valence-corrected chi connectivity index (χ4v) is 2.38. The van der Waals surface area contributed by atoms with Gasteiger partial charge in [-0.3, -0.25) is 9.59 Å². The van der Waals surface area contributed by atoms with Gasteiger partial charge in [0.25, 0.3) is 5.56 Å². The number of hydrogen-bond acceptors (Lipinski definition) is 4. The van der Waals surface area contributed by atoms with Gasteiger partial charge < -0.3 is 4.98 Å². The van der Waals surface area contributed by atoms with Gasteiger partial charge in [-0.25, -0.2) is 10.4 Å². The summed E-state index contributed by atoms with van der Waals surface area (Å²) in [5, 5.41) is 4.92. The number of H-pyrrole nitrogens is 1. The van der Waals surface area contributed by atoms with E-state index < -0.39 is 11.5 Å². The van der Waals surface area contributed by atoms with Gasteiger partial charge in [0.2, 0.25) is 5.82 Å². The molecule has 0 unspecified atom stereocenters. The minimum atomic E-state index is -0.646. The molecule has 6 nitrogen and oxygen atoms in total. The van der Waals surface area contributed by atoms with Gasteiger partial charge in [-0.15, -0.1) is 0 Å². The van der Waals surface area contributed by atoms with Crippen LogP contribution in [0.25, 0.3) is 10.9 Å². The van der Waals surface area contributed by atoms with Crippen LogP contribution in [0.5, 0.6) is 0 Å². The van der Waals surface area contributed by atoms with Crippen molar-refractivity contribution in [2.75, 3.05) is 0 Å². The first kappa shape index (κ1) is 16.2. The van der Waals surface area contributed by atoms with Crippen molar-refractivity contribution in [2.24, 2.45) is 5.10 Å². The zero-order valence-corrected chi connectivity index (χ0v) is 13.6. The number of nitrogens with zero attached hydrogens (tertiary/aromatic N) is 2. The number of para-hydroxylation sites is 1. The van der Waals surface area contributed by atoms with E-state index >= 15 is 0 Å². The Labute approximate surface area is 146 Å². The number of hydrogen-bond donors (Lipinski definition) is 2. The van der Waals surface area contributed by atoms with E-state index in [1.807, 2.05) is 0 Å². The monoisotopic (exact) mass is 360 g/mol. The third-order valence-corrected chi connectivity index (χ3v) is 4.01. The molecule has 0 saturated heterocycles. The molecule has 1 aromatic heterocycles. The van der Waals surface area contributed by atoms with Gasteiger partial charge in [0, 0.05) is 5.56 Å². The van der Waals surface area contributed by atoms with Crippen molar-refractivity contribution in [3.8, 4) is 0 Å². The number of hydrazone groups is 1. The highest BCUT2D eigenvalue weighted by molar-refractivity contribution is 6.43. The number of amides is 1. The molecule has 0 spiro atoms. The largest absolute Gasteiger partial charge is 0.307 e. The molecular weight excluding hydrogens is 351 g/mol.